The van der Waals surface area contributed by atoms with E-state index in [-0.39, 0.29) is 11.7 Å². The van der Waals surface area contributed by atoms with Crippen LogP contribution in [0, 0.1) is 11.6 Å². The Labute approximate surface area is 196 Å². The third-order valence-corrected chi connectivity index (χ3v) is 5.94. The number of aromatic nitrogens is 1. The monoisotopic (exact) mass is 503 g/mol. The van der Waals surface area contributed by atoms with Gasteiger partial charge in [-0.15, -0.1) is 11.3 Å². The Hall–Kier alpha value is -2.83. The fraction of sp³-hybridized carbons (Fsp3) is 0.364. The lowest BCUT2D eigenvalue weighted by Gasteiger charge is -2.29. The van der Waals surface area contributed by atoms with E-state index in [2.05, 4.69) is 16.4 Å². The lowest BCUT2D eigenvalue weighted by molar-refractivity contribution is -0.192. The summed E-state index contributed by atoms with van der Waals surface area (Å²) >= 11 is 1.65. The number of aliphatic carboxylic acids is 1. The van der Waals surface area contributed by atoms with Crippen molar-refractivity contribution in [1.82, 2.24) is 10.3 Å². The van der Waals surface area contributed by atoms with Crippen molar-refractivity contribution in [1.29, 1.82) is 0 Å². The zero-order valence-corrected chi connectivity index (χ0v) is 18.8. The highest BCUT2D eigenvalue weighted by molar-refractivity contribution is 7.17. The number of ether oxygens (including phenoxy) is 1. The third-order valence-electron chi connectivity index (χ3n) is 5.08. The van der Waals surface area contributed by atoms with Crippen LogP contribution < -0.4 is 10.2 Å². The maximum atomic E-state index is 14.5. The molecule has 6 nitrogen and oxygen atoms in total. The quantitative estimate of drug-likeness (QED) is 0.483. The summed E-state index contributed by atoms with van der Waals surface area (Å²) in [6, 6.07) is 6.94. The minimum absolute atomic E-state index is 0.0223. The Morgan fingerprint density at radius 2 is 1.85 bits per heavy atom. The van der Waals surface area contributed by atoms with Crippen molar-refractivity contribution < 1.29 is 36.6 Å². The molecule has 1 unspecified atom stereocenters. The topological polar surface area (TPSA) is 74.7 Å². The molecule has 4 rings (SSSR count). The number of benzene rings is 1. The van der Waals surface area contributed by atoms with Crippen LogP contribution in [0.1, 0.15) is 24.1 Å². The molecule has 0 aliphatic carbocycles. The summed E-state index contributed by atoms with van der Waals surface area (Å²) in [6.45, 7) is 4.37. The van der Waals surface area contributed by atoms with Gasteiger partial charge in [-0.3, -0.25) is 4.98 Å². The van der Waals surface area contributed by atoms with Gasteiger partial charge in [0.05, 0.1) is 23.4 Å². The number of carbonyl (C=O) groups is 1. The Balaban J connectivity index is 0.000000406. The summed E-state index contributed by atoms with van der Waals surface area (Å²) in [5.41, 5.74) is 2.66. The summed E-state index contributed by atoms with van der Waals surface area (Å²) < 4.78 is 67.2. The molecule has 184 valence electrons. The number of hydrogen-bond acceptors (Lipinski definition) is 6. The molecule has 1 aromatic carbocycles. The Kier molecular flexibility index (Phi) is 8.39. The standard InChI is InChI=1S/C20H21F2N3OS.C2HF3O2/c1-13(15-10-19-18(24-12-15)2-7-27-19)23-11-14-8-16(21)20(17(22)9-14)25-3-5-26-6-4-25;3-2(4,5)1(6)7/h2,7-10,12-13,23H,3-6,11H2,1H3;(H,6,7). The number of pyridine rings is 1. The molecule has 34 heavy (non-hydrogen) atoms. The van der Waals surface area contributed by atoms with Crippen LogP contribution >= 0.6 is 11.3 Å². The van der Waals surface area contributed by atoms with Crippen molar-refractivity contribution >= 4 is 33.2 Å². The van der Waals surface area contributed by atoms with Crippen LogP contribution in [0.25, 0.3) is 10.2 Å². The first-order valence-corrected chi connectivity index (χ1v) is 11.1. The van der Waals surface area contributed by atoms with Crippen molar-refractivity contribution in [2.75, 3.05) is 31.2 Å². The second-order valence-corrected chi connectivity index (χ2v) is 8.43. The van der Waals surface area contributed by atoms with E-state index in [0.717, 1.165) is 15.8 Å². The van der Waals surface area contributed by atoms with Gasteiger partial charge in [0.15, 0.2) is 0 Å². The van der Waals surface area contributed by atoms with Crippen LogP contribution in [0.5, 0.6) is 0 Å². The van der Waals surface area contributed by atoms with E-state index in [9.17, 15) is 22.0 Å². The lowest BCUT2D eigenvalue weighted by atomic mass is 10.1. The molecule has 3 heterocycles. The number of rotatable bonds is 5. The van der Waals surface area contributed by atoms with Crippen molar-refractivity contribution in [2.45, 2.75) is 25.7 Å². The van der Waals surface area contributed by atoms with Crippen molar-refractivity contribution in [3.8, 4) is 0 Å². The molecular formula is C22H22F5N3O3S. The zero-order chi connectivity index (χ0) is 24.9. The van der Waals surface area contributed by atoms with Gasteiger partial charge in [0, 0.05) is 31.9 Å². The molecule has 1 saturated heterocycles. The Morgan fingerprint density at radius 1 is 1.24 bits per heavy atom. The molecule has 2 N–H and O–H groups in total. The number of alkyl halides is 3. The van der Waals surface area contributed by atoms with E-state index >= 15 is 0 Å². The number of nitrogens with zero attached hydrogens (tertiary/aromatic N) is 2. The number of thiophene rings is 1. The van der Waals surface area contributed by atoms with E-state index in [1.165, 1.54) is 12.1 Å². The minimum atomic E-state index is -5.08. The Bertz CT molecular complexity index is 1110. The van der Waals surface area contributed by atoms with Crippen molar-refractivity contribution in [3.05, 3.63) is 58.6 Å². The van der Waals surface area contributed by atoms with Gasteiger partial charge in [-0.25, -0.2) is 13.6 Å². The number of nitrogens with one attached hydrogen (secondary N) is 1. The summed E-state index contributed by atoms with van der Waals surface area (Å²) in [7, 11) is 0. The molecule has 0 amide bonds. The van der Waals surface area contributed by atoms with Crippen LogP contribution in [0.4, 0.5) is 27.6 Å². The largest absolute Gasteiger partial charge is 0.490 e. The smallest absolute Gasteiger partial charge is 0.475 e. The van der Waals surface area contributed by atoms with E-state index in [1.54, 1.807) is 16.2 Å². The highest BCUT2D eigenvalue weighted by Crippen LogP contribution is 2.27. The molecule has 0 saturated carbocycles. The number of carboxylic acid groups (broad SMARTS) is 1. The summed E-state index contributed by atoms with van der Waals surface area (Å²) in [6.07, 6.45) is -3.24. The van der Waals surface area contributed by atoms with Crippen molar-refractivity contribution in [3.63, 3.8) is 0 Å². The molecule has 1 atom stereocenters. The SMILES string of the molecule is CC(NCc1cc(F)c(N2CCOCC2)c(F)c1)c1cnc2ccsc2c1.O=C(O)C(F)(F)F. The van der Waals surface area contributed by atoms with Crippen LogP contribution in [-0.4, -0.2) is 48.5 Å². The van der Waals surface area contributed by atoms with Crippen molar-refractivity contribution in [2.24, 2.45) is 0 Å². The zero-order valence-electron chi connectivity index (χ0n) is 18.0. The molecule has 2 aromatic heterocycles. The van der Waals surface area contributed by atoms with Gasteiger partial charge in [-0.1, -0.05) is 0 Å². The first-order chi connectivity index (χ1) is 16.1. The lowest BCUT2D eigenvalue weighted by Crippen LogP contribution is -2.37. The highest BCUT2D eigenvalue weighted by atomic mass is 32.1. The average molecular weight is 503 g/mol. The van der Waals surface area contributed by atoms with Gasteiger partial charge in [0.2, 0.25) is 0 Å². The average Bonchev–Trinajstić information content (AvgIpc) is 3.25. The van der Waals surface area contributed by atoms with Gasteiger partial charge in [0.25, 0.3) is 0 Å². The highest BCUT2D eigenvalue weighted by Gasteiger charge is 2.38. The number of anilines is 1. The van der Waals surface area contributed by atoms with Gasteiger partial charge in [-0.2, -0.15) is 13.2 Å². The van der Waals surface area contributed by atoms with E-state index in [1.807, 2.05) is 24.6 Å². The van der Waals surface area contributed by atoms with Gasteiger partial charge < -0.3 is 20.1 Å². The molecule has 12 heteroatoms. The van der Waals surface area contributed by atoms with E-state index in [0.29, 0.717) is 38.4 Å². The predicted molar refractivity (Wildman–Crippen MR) is 118 cm³/mol. The third kappa shape index (κ3) is 6.61. The fourth-order valence-electron chi connectivity index (χ4n) is 3.30. The first-order valence-electron chi connectivity index (χ1n) is 10.2. The second kappa shape index (κ2) is 11.1. The number of fused-ring (bicyclic) bond motifs is 1. The van der Waals surface area contributed by atoms with Crippen LogP contribution in [0.2, 0.25) is 0 Å². The molecule has 0 bridgehead atoms. The van der Waals surface area contributed by atoms with Gasteiger partial charge >= 0.3 is 12.1 Å². The maximum Gasteiger partial charge on any atom is 0.490 e. The first kappa shape index (κ1) is 25.8. The Morgan fingerprint density at radius 3 is 2.44 bits per heavy atom. The maximum absolute atomic E-state index is 14.5. The molecule has 1 aliphatic rings. The number of morpholine rings is 1. The summed E-state index contributed by atoms with van der Waals surface area (Å²) in [5, 5.41) is 12.5. The normalized spacial score (nSPS) is 15.1. The van der Waals surface area contributed by atoms with Crippen LogP contribution in [0.3, 0.4) is 0 Å². The summed E-state index contributed by atoms with van der Waals surface area (Å²) in [5.74, 6) is -3.81. The fourth-order valence-corrected chi connectivity index (χ4v) is 4.09. The predicted octanol–water partition coefficient (Wildman–Crippen LogP) is 4.90. The minimum Gasteiger partial charge on any atom is -0.475 e. The number of carboxylic acids is 1. The van der Waals surface area contributed by atoms with E-state index < -0.39 is 23.8 Å². The molecule has 3 aromatic rings. The number of hydrogen-bond donors (Lipinski definition) is 2. The van der Waals surface area contributed by atoms with Gasteiger partial charge in [0.1, 0.15) is 17.3 Å². The molecule has 0 radical (unpaired) electrons. The molecular weight excluding hydrogens is 481 g/mol. The second-order valence-electron chi connectivity index (χ2n) is 7.49. The number of halogens is 5. The molecule has 1 aliphatic heterocycles. The molecule has 0 spiro atoms. The molecule has 1 fully saturated rings. The van der Waals surface area contributed by atoms with E-state index in [4.69, 9.17) is 14.6 Å². The van der Waals surface area contributed by atoms with Crippen LogP contribution in [-0.2, 0) is 16.1 Å². The van der Waals surface area contributed by atoms with Crippen LogP contribution in [0.15, 0.2) is 35.8 Å². The van der Waals surface area contributed by atoms with Gasteiger partial charge in [-0.05, 0) is 47.7 Å². The summed E-state index contributed by atoms with van der Waals surface area (Å²) in [4.78, 5) is 15.0.